The van der Waals surface area contributed by atoms with Crippen molar-refractivity contribution in [2.24, 2.45) is 0 Å². The maximum atomic E-state index is 5.76. The van der Waals surface area contributed by atoms with E-state index in [0.717, 1.165) is 38.4 Å². The second-order valence-corrected chi connectivity index (χ2v) is 7.00. The molecule has 1 aliphatic heterocycles. The Morgan fingerprint density at radius 2 is 1.75 bits per heavy atom. The minimum atomic E-state index is 0.352. The highest BCUT2D eigenvalue weighted by Crippen LogP contribution is 2.21. The topological polar surface area (TPSA) is 32.1 Å². The van der Waals surface area contributed by atoms with Gasteiger partial charge in [0, 0.05) is 0 Å². The summed E-state index contributed by atoms with van der Waals surface area (Å²) >= 11 is 0. The quantitative estimate of drug-likeness (QED) is 0.702. The minimum absolute atomic E-state index is 0.352. The average molecular weight is 336 g/mol. The van der Waals surface area contributed by atoms with Gasteiger partial charge in [-0.25, -0.2) is 0 Å². The third-order valence-electron chi connectivity index (χ3n) is 4.77. The molecule has 0 spiro atoms. The number of nitrogens with one attached hydrogen (secondary N) is 1. The number of ether oxygens (including phenoxy) is 3. The maximum absolute atomic E-state index is 5.76. The average Bonchev–Trinajstić information content (AvgIpc) is 2.57. The lowest BCUT2D eigenvalue weighted by Gasteiger charge is -2.32. The standard InChI is InChI=1S/C20H33NO3/c1-5-16(2)19-6-8-20(9-7-19)23-13-12-22-11-10-21-14-17(3)24-18(4)15-21/h6-9,16-18H,5,10-15H2,1-4H3/p+1/t16-,17-,18-/m1/s1. The van der Waals surface area contributed by atoms with Crippen LogP contribution < -0.4 is 9.64 Å². The lowest BCUT2D eigenvalue weighted by Crippen LogP contribution is -3.15. The van der Waals surface area contributed by atoms with E-state index in [2.05, 4.69) is 52.0 Å². The van der Waals surface area contributed by atoms with Gasteiger partial charge in [-0.3, -0.25) is 0 Å². The zero-order chi connectivity index (χ0) is 17.4. The Morgan fingerprint density at radius 3 is 2.38 bits per heavy atom. The molecule has 0 amide bonds. The summed E-state index contributed by atoms with van der Waals surface area (Å²) < 4.78 is 17.2. The van der Waals surface area contributed by atoms with Crippen LogP contribution in [-0.2, 0) is 9.47 Å². The van der Waals surface area contributed by atoms with Crippen LogP contribution in [0.25, 0.3) is 0 Å². The van der Waals surface area contributed by atoms with E-state index in [9.17, 15) is 0 Å². The van der Waals surface area contributed by atoms with E-state index in [1.807, 2.05) is 0 Å². The lowest BCUT2D eigenvalue weighted by molar-refractivity contribution is -0.915. The molecule has 1 N–H and O–H groups in total. The summed E-state index contributed by atoms with van der Waals surface area (Å²) in [5.41, 5.74) is 1.37. The van der Waals surface area contributed by atoms with Gasteiger partial charge in [0.15, 0.2) is 0 Å². The van der Waals surface area contributed by atoms with Crippen LogP contribution >= 0.6 is 0 Å². The predicted molar refractivity (Wildman–Crippen MR) is 97.0 cm³/mol. The molecule has 0 aliphatic carbocycles. The number of hydrogen-bond donors (Lipinski definition) is 1. The number of rotatable bonds is 9. The second kappa shape index (κ2) is 10.0. The molecule has 3 atom stereocenters. The molecule has 4 heteroatoms. The van der Waals surface area contributed by atoms with Crippen LogP contribution in [0.2, 0.25) is 0 Å². The first-order valence-corrected chi connectivity index (χ1v) is 9.38. The Hall–Kier alpha value is -1.10. The Labute approximate surface area is 147 Å². The smallest absolute Gasteiger partial charge is 0.119 e. The van der Waals surface area contributed by atoms with E-state index < -0.39 is 0 Å². The summed E-state index contributed by atoms with van der Waals surface area (Å²) in [6, 6.07) is 8.44. The van der Waals surface area contributed by atoms with Gasteiger partial charge in [0.2, 0.25) is 0 Å². The highest BCUT2D eigenvalue weighted by molar-refractivity contribution is 5.29. The Morgan fingerprint density at radius 1 is 1.08 bits per heavy atom. The van der Waals surface area contributed by atoms with Crippen LogP contribution in [0.3, 0.4) is 0 Å². The van der Waals surface area contributed by atoms with E-state index in [1.165, 1.54) is 5.56 Å². The van der Waals surface area contributed by atoms with Crippen LogP contribution in [0.5, 0.6) is 5.75 Å². The molecule has 2 rings (SSSR count). The molecule has 0 aromatic heterocycles. The van der Waals surface area contributed by atoms with Crippen molar-refractivity contribution in [1.82, 2.24) is 0 Å². The molecule has 1 aliphatic rings. The van der Waals surface area contributed by atoms with Crippen molar-refractivity contribution in [2.75, 3.05) is 39.5 Å². The lowest BCUT2D eigenvalue weighted by atomic mass is 9.99. The van der Waals surface area contributed by atoms with Gasteiger partial charge < -0.3 is 19.1 Å². The Balaban J connectivity index is 1.56. The van der Waals surface area contributed by atoms with Gasteiger partial charge >= 0.3 is 0 Å². The monoisotopic (exact) mass is 336 g/mol. The fourth-order valence-corrected chi connectivity index (χ4v) is 3.26. The van der Waals surface area contributed by atoms with Crippen LogP contribution in [-0.4, -0.2) is 51.7 Å². The molecular weight excluding hydrogens is 302 g/mol. The molecule has 136 valence electrons. The number of morpholine rings is 1. The van der Waals surface area contributed by atoms with Gasteiger partial charge in [-0.1, -0.05) is 26.0 Å². The molecule has 1 fully saturated rings. The maximum Gasteiger partial charge on any atom is 0.119 e. The van der Waals surface area contributed by atoms with Crippen molar-refractivity contribution in [2.45, 2.75) is 52.2 Å². The van der Waals surface area contributed by atoms with E-state index in [-0.39, 0.29) is 0 Å². The molecular formula is C20H34NO3+. The highest BCUT2D eigenvalue weighted by atomic mass is 16.5. The Bertz CT molecular complexity index is 452. The zero-order valence-electron chi connectivity index (χ0n) is 15.7. The first-order chi connectivity index (χ1) is 11.6. The highest BCUT2D eigenvalue weighted by Gasteiger charge is 2.24. The van der Waals surface area contributed by atoms with E-state index in [0.29, 0.717) is 31.3 Å². The SMILES string of the molecule is CC[C@@H](C)c1ccc(OCCOCC[NH+]2C[C@@H](C)O[C@H](C)C2)cc1. The summed E-state index contributed by atoms with van der Waals surface area (Å²) in [4.78, 5) is 1.57. The molecule has 0 radical (unpaired) electrons. The first kappa shape index (κ1) is 19.2. The minimum Gasteiger partial charge on any atom is -0.491 e. The van der Waals surface area contributed by atoms with Crippen LogP contribution in [0, 0.1) is 0 Å². The second-order valence-electron chi connectivity index (χ2n) is 7.00. The molecule has 0 bridgehead atoms. The first-order valence-electron chi connectivity index (χ1n) is 9.38. The van der Waals surface area contributed by atoms with Gasteiger partial charge in [0.05, 0.1) is 13.2 Å². The van der Waals surface area contributed by atoms with E-state index in [1.54, 1.807) is 4.90 Å². The van der Waals surface area contributed by atoms with Crippen molar-refractivity contribution >= 4 is 0 Å². The molecule has 1 saturated heterocycles. The molecule has 1 aromatic rings. The molecule has 1 aromatic carbocycles. The summed E-state index contributed by atoms with van der Waals surface area (Å²) in [5, 5.41) is 0. The van der Waals surface area contributed by atoms with Crippen LogP contribution in [0.1, 0.15) is 45.6 Å². The number of benzene rings is 1. The summed E-state index contributed by atoms with van der Waals surface area (Å²) in [7, 11) is 0. The van der Waals surface area contributed by atoms with Gasteiger partial charge in [-0.15, -0.1) is 0 Å². The van der Waals surface area contributed by atoms with Crippen molar-refractivity contribution in [1.29, 1.82) is 0 Å². The number of hydrogen-bond acceptors (Lipinski definition) is 3. The van der Waals surface area contributed by atoms with Gasteiger partial charge in [-0.05, 0) is 43.9 Å². The molecule has 1 heterocycles. The van der Waals surface area contributed by atoms with Gasteiger partial charge in [0.25, 0.3) is 0 Å². The van der Waals surface area contributed by atoms with Crippen molar-refractivity contribution in [3.63, 3.8) is 0 Å². The fraction of sp³-hybridized carbons (Fsp3) is 0.700. The summed E-state index contributed by atoms with van der Waals surface area (Å²) in [5.74, 6) is 1.53. The van der Waals surface area contributed by atoms with Crippen LogP contribution in [0.4, 0.5) is 0 Å². The molecule has 24 heavy (non-hydrogen) atoms. The van der Waals surface area contributed by atoms with Crippen LogP contribution in [0.15, 0.2) is 24.3 Å². The van der Waals surface area contributed by atoms with E-state index in [4.69, 9.17) is 14.2 Å². The van der Waals surface area contributed by atoms with Crippen molar-refractivity contribution in [3.05, 3.63) is 29.8 Å². The van der Waals surface area contributed by atoms with Crippen molar-refractivity contribution < 1.29 is 19.1 Å². The third-order valence-corrected chi connectivity index (χ3v) is 4.77. The molecule has 0 saturated carbocycles. The van der Waals surface area contributed by atoms with E-state index >= 15 is 0 Å². The fourth-order valence-electron chi connectivity index (χ4n) is 3.26. The summed E-state index contributed by atoms with van der Waals surface area (Å²) in [6.45, 7) is 14.0. The third kappa shape index (κ3) is 6.42. The Kier molecular flexibility index (Phi) is 8.03. The number of quaternary nitrogens is 1. The molecule has 4 nitrogen and oxygen atoms in total. The molecule has 0 unspecified atom stereocenters. The largest absolute Gasteiger partial charge is 0.491 e. The summed E-state index contributed by atoms with van der Waals surface area (Å²) in [6.07, 6.45) is 1.87. The zero-order valence-corrected chi connectivity index (χ0v) is 15.7. The normalized spacial score (nSPS) is 25.4. The predicted octanol–water partition coefficient (Wildman–Crippen LogP) is 2.29. The van der Waals surface area contributed by atoms with Crippen molar-refractivity contribution in [3.8, 4) is 5.75 Å². The van der Waals surface area contributed by atoms with Gasteiger partial charge in [-0.2, -0.15) is 0 Å². The van der Waals surface area contributed by atoms with Gasteiger partial charge in [0.1, 0.15) is 44.2 Å².